The van der Waals surface area contributed by atoms with Crippen molar-refractivity contribution in [2.24, 2.45) is 5.92 Å². The Balaban J connectivity index is 1.50. The largest absolute Gasteiger partial charge is 0.378 e. The zero-order chi connectivity index (χ0) is 20.1. The van der Waals surface area contributed by atoms with E-state index in [2.05, 4.69) is 39.5 Å². The number of aromatic nitrogens is 2. The molecule has 1 N–H and O–H groups in total. The van der Waals surface area contributed by atoms with E-state index < -0.39 is 0 Å². The summed E-state index contributed by atoms with van der Waals surface area (Å²) in [7, 11) is 2.00. The Morgan fingerprint density at radius 2 is 1.97 bits per heavy atom. The van der Waals surface area contributed by atoms with E-state index in [1.54, 1.807) is 0 Å². The third kappa shape index (κ3) is 5.67. The molecule has 2 aliphatic rings. The van der Waals surface area contributed by atoms with Crippen LogP contribution in [0.5, 0.6) is 0 Å². The fourth-order valence-corrected chi connectivity index (χ4v) is 3.43. The number of carbonyl (C=O) groups excluding carboxylic acids is 1. The van der Waals surface area contributed by atoms with Crippen LogP contribution in [0.15, 0.2) is 36.4 Å². The van der Waals surface area contributed by atoms with Gasteiger partial charge < -0.3 is 19.9 Å². The molecule has 2 heterocycles. The molecule has 1 saturated carbocycles. The Bertz CT molecular complexity index is 819. The van der Waals surface area contributed by atoms with E-state index in [9.17, 15) is 4.79 Å². The van der Waals surface area contributed by atoms with Crippen molar-refractivity contribution in [3.05, 3.63) is 42.0 Å². The highest BCUT2D eigenvalue weighted by atomic mass is 16.5. The van der Waals surface area contributed by atoms with E-state index in [4.69, 9.17) is 9.72 Å². The Labute approximate surface area is 172 Å². The molecule has 1 aliphatic heterocycles. The third-order valence-electron chi connectivity index (χ3n) is 5.39. The average Bonchev–Trinajstić information content (AvgIpc) is 3.57. The van der Waals surface area contributed by atoms with Crippen LogP contribution in [-0.4, -0.2) is 55.8 Å². The lowest BCUT2D eigenvalue weighted by Crippen LogP contribution is -2.37. The molecule has 29 heavy (non-hydrogen) atoms. The summed E-state index contributed by atoms with van der Waals surface area (Å²) >= 11 is 0. The molecule has 0 bridgehead atoms. The molecule has 154 valence electrons. The number of likely N-dealkylation sites (N-methyl/N-ethyl adjacent to an activating group) is 1. The fourth-order valence-electron chi connectivity index (χ4n) is 3.43. The topological polar surface area (TPSA) is 70.6 Å². The zero-order valence-corrected chi connectivity index (χ0v) is 17.0. The van der Waals surface area contributed by atoms with Crippen molar-refractivity contribution in [3.63, 3.8) is 0 Å². The van der Waals surface area contributed by atoms with Crippen molar-refractivity contribution in [3.8, 4) is 0 Å². The first kappa shape index (κ1) is 19.6. The molecule has 2 aromatic rings. The number of hydrogen-bond donors (Lipinski definition) is 1. The van der Waals surface area contributed by atoms with Crippen LogP contribution in [0.4, 0.5) is 17.6 Å². The number of ether oxygens (including phenoxy) is 1. The molecular weight excluding hydrogens is 366 g/mol. The standard InChI is InChI=1S/C22H29N5O2/c1-26(10-9-17-5-3-2-4-6-17)22-24-19(23-21(28)15-18-7-8-18)16-20(25-22)27-11-13-29-14-12-27/h2-6,16,18H,7-15H2,1H3,(H,23,24,25,28). The van der Waals surface area contributed by atoms with Gasteiger partial charge in [-0.1, -0.05) is 30.3 Å². The van der Waals surface area contributed by atoms with Crippen LogP contribution in [-0.2, 0) is 16.0 Å². The van der Waals surface area contributed by atoms with Crippen molar-refractivity contribution in [1.82, 2.24) is 9.97 Å². The first-order valence-corrected chi connectivity index (χ1v) is 10.4. The number of benzene rings is 1. The van der Waals surface area contributed by atoms with Crippen molar-refractivity contribution in [2.75, 3.05) is 55.0 Å². The van der Waals surface area contributed by atoms with Crippen LogP contribution >= 0.6 is 0 Å². The quantitative estimate of drug-likeness (QED) is 0.741. The molecule has 1 aliphatic carbocycles. The maximum absolute atomic E-state index is 12.3. The van der Waals surface area contributed by atoms with E-state index in [1.807, 2.05) is 24.1 Å². The maximum Gasteiger partial charge on any atom is 0.229 e. The Morgan fingerprint density at radius 1 is 1.21 bits per heavy atom. The molecule has 1 saturated heterocycles. The van der Waals surface area contributed by atoms with E-state index >= 15 is 0 Å². The van der Waals surface area contributed by atoms with Crippen LogP contribution in [0.25, 0.3) is 0 Å². The lowest BCUT2D eigenvalue weighted by Gasteiger charge is -2.29. The van der Waals surface area contributed by atoms with E-state index in [-0.39, 0.29) is 5.91 Å². The van der Waals surface area contributed by atoms with Gasteiger partial charge >= 0.3 is 0 Å². The van der Waals surface area contributed by atoms with Crippen LogP contribution in [0.1, 0.15) is 24.8 Å². The molecular formula is C22H29N5O2. The van der Waals surface area contributed by atoms with Crippen LogP contribution in [0.3, 0.4) is 0 Å². The Morgan fingerprint density at radius 3 is 2.69 bits per heavy atom. The molecule has 0 spiro atoms. The van der Waals surface area contributed by atoms with Gasteiger partial charge in [-0.05, 0) is 30.7 Å². The highest BCUT2D eigenvalue weighted by Crippen LogP contribution is 2.32. The lowest BCUT2D eigenvalue weighted by atomic mass is 10.1. The number of hydrogen-bond acceptors (Lipinski definition) is 6. The molecule has 1 aromatic carbocycles. The molecule has 2 fully saturated rings. The van der Waals surface area contributed by atoms with Gasteiger partial charge in [0.1, 0.15) is 11.6 Å². The smallest absolute Gasteiger partial charge is 0.229 e. The molecule has 0 atom stereocenters. The van der Waals surface area contributed by atoms with Crippen LogP contribution in [0, 0.1) is 5.92 Å². The second kappa shape index (κ2) is 9.22. The zero-order valence-electron chi connectivity index (χ0n) is 17.0. The first-order chi connectivity index (χ1) is 14.2. The number of morpholine rings is 1. The van der Waals surface area contributed by atoms with Crippen molar-refractivity contribution >= 4 is 23.5 Å². The molecule has 1 aromatic heterocycles. The number of rotatable bonds is 8. The number of nitrogens with zero attached hydrogens (tertiary/aromatic N) is 4. The van der Waals surface area contributed by atoms with Crippen molar-refractivity contribution in [2.45, 2.75) is 25.7 Å². The molecule has 4 rings (SSSR count). The predicted molar refractivity (Wildman–Crippen MR) is 114 cm³/mol. The van der Waals surface area contributed by atoms with Gasteiger partial charge in [-0.25, -0.2) is 0 Å². The Kier molecular flexibility index (Phi) is 6.24. The normalized spacial score (nSPS) is 16.5. The van der Waals surface area contributed by atoms with E-state index in [0.717, 1.165) is 44.7 Å². The summed E-state index contributed by atoms with van der Waals surface area (Å²) in [5.41, 5.74) is 1.28. The second-order valence-corrected chi connectivity index (χ2v) is 7.86. The van der Waals surface area contributed by atoms with Crippen molar-refractivity contribution in [1.29, 1.82) is 0 Å². The molecule has 0 unspecified atom stereocenters. The van der Waals surface area contributed by atoms with Gasteiger partial charge in [0.05, 0.1) is 13.2 Å². The molecule has 0 radical (unpaired) electrons. The van der Waals surface area contributed by atoms with E-state index in [0.29, 0.717) is 37.3 Å². The summed E-state index contributed by atoms with van der Waals surface area (Å²) < 4.78 is 5.47. The van der Waals surface area contributed by atoms with Gasteiger partial charge in [0, 0.05) is 39.2 Å². The summed E-state index contributed by atoms with van der Waals surface area (Å²) in [6, 6.07) is 12.3. The third-order valence-corrected chi connectivity index (χ3v) is 5.39. The average molecular weight is 396 g/mol. The number of anilines is 3. The number of nitrogens with one attached hydrogen (secondary N) is 1. The summed E-state index contributed by atoms with van der Waals surface area (Å²) in [6.07, 6.45) is 3.80. The van der Waals surface area contributed by atoms with Gasteiger partial charge in [0.2, 0.25) is 11.9 Å². The summed E-state index contributed by atoms with van der Waals surface area (Å²) in [5.74, 6) is 2.63. The summed E-state index contributed by atoms with van der Waals surface area (Å²) in [4.78, 5) is 26.0. The van der Waals surface area contributed by atoms with Gasteiger partial charge in [0.25, 0.3) is 0 Å². The van der Waals surface area contributed by atoms with Gasteiger partial charge in [0.15, 0.2) is 0 Å². The highest BCUT2D eigenvalue weighted by Gasteiger charge is 2.25. The minimum absolute atomic E-state index is 0.0389. The molecule has 7 heteroatoms. The first-order valence-electron chi connectivity index (χ1n) is 10.4. The van der Waals surface area contributed by atoms with E-state index in [1.165, 1.54) is 5.56 Å². The SMILES string of the molecule is CN(CCc1ccccc1)c1nc(NC(=O)CC2CC2)cc(N2CCOCC2)n1. The van der Waals surface area contributed by atoms with Crippen LogP contribution < -0.4 is 15.1 Å². The monoisotopic (exact) mass is 395 g/mol. The second-order valence-electron chi connectivity index (χ2n) is 7.86. The summed E-state index contributed by atoms with van der Waals surface area (Å²) in [5, 5.41) is 2.99. The van der Waals surface area contributed by atoms with Crippen LogP contribution in [0.2, 0.25) is 0 Å². The fraction of sp³-hybridized carbons (Fsp3) is 0.500. The molecule has 7 nitrogen and oxygen atoms in total. The minimum atomic E-state index is 0.0389. The van der Waals surface area contributed by atoms with Crippen molar-refractivity contribution < 1.29 is 9.53 Å². The Hall–Kier alpha value is -2.67. The molecule has 1 amide bonds. The highest BCUT2D eigenvalue weighted by molar-refractivity contribution is 5.90. The number of carbonyl (C=O) groups is 1. The van der Waals surface area contributed by atoms with Gasteiger partial charge in [-0.15, -0.1) is 0 Å². The lowest BCUT2D eigenvalue weighted by molar-refractivity contribution is -0.116. The minimum Gasteiger partial charge on any atom is -0.378 e. The summed E-state index contributed by atoms with van der Waals surface area (Å²) in [6.45, 7) is 3.75. The predicted octanol–water partition coefficient (Wildman–Crippen LogP) is 2.73. The van der Waals surface area contributed by atoms with Gasteiger partial charge in [-0.2, -0.15) is 9.97 Å². The van der Waals surface area contributed by atoms with Gasteiger partial charge in [-0.3, -0.25) is 4.79 Å². The number of amides is 1. The maximum atomic E-state index is 12.3.